The monoisotopic (exact) mass is 567 g/mol. The Hall–Kier alpha value is -3.70. The number of benzene rings is 1. The maximum Gasteiger partial charge on any atom is 0.349 e. The van der Waals surface area contributed by atoms with Crippen LogP contribution in [-0.2, 0) is 21.3 Å². The van der Waals surface area contributed by atoms with E-state index in [2.05, 4.69) is 42.0 Å². The number of aromatic nitrogens is 1. The number of carbonyl (C=O) groups is 1. The van der Waals surface area contributed by atoms with Gasteiger partial charge >= 0.3 is 5.63 Å². The summed E-state index contributed by atoms with van der Waals surface area (Å²) in [6, 6.07) is 5.66. The van der Waals surface area contributed by atoms with Gasteiger partial charge in [0, 0.05) is 48.6 Å². The Morgan fingerprint density at radius 1 is 1.18 bits per heavy atom. The summed E-state index contributed by atoms with van der Waals surface area (Å²) in [6.07, 6.45) is 8.72. The van der Waals surface area contributed by atoms with E-state index in [0.29, 0.717) is 18.5 Å². The molecule has 0 spiro atoms. The third-order valence-corrected chi connectivity index (χ3v) is 8.09. The quantitative estimate of drug-likeness (QED) is 0.216. The van der Waals surface area contributed by atoms with Gasteiger partial charge in [-0.3, -0.25) is 9.35 Å². The van der Waals surface area contributed by atoms with Crippen molar-refractivity contribution in [1.29, 1.82) is 0 Å². The van der Waals surface area contributed by atoms with Crippen LogP contribution in [0.1, 0.15) is 63.5 Å². The van der Waals surface area contributed by atoms with Crippen LogP contribution in [0.25, 0.3) is 34.1 Å². The van der Waals surface area contributed by atoms with Crippen molar-refractivity contribution in [3.8, 4) is 11.5 Å². The maximum absolute atomic E-state index is 13.0. The fourth-order valence-electron chi connectivity index (χ4n) is 5.42. The summed E-state index contributed by atoms with van der Waals surface area (Å²) < 4.78 is 42.1. The number of carbonyl (C=O) groups excluding carboxylic acids is 1. The van der Waals surface area contributed by atoms with Crippen molar-refractivity contribution in [3.05, 3.63) is 57.8 Å². The van der Waals surface area contributed by atoms with Gasteiger partial charge in [0.25, 0.3) is 10.1 Å². The molecule has 1 aromatic carbocycles. The van der Waals surface area contributed by atoms with Gasteiger partial charge < -0.3 is 19.1 Å². The van der Waals surface area contributed by atoms with Crippen molar-refractivity contribution >= 4 is 44.3 Å². The van der Waals surface area contributed by atoms with Gasteiger partial charge in [0.2, 0.25) is 11.8 Å². The highest BCUT2D eigenvalue weighted by atomic mass is 32.2. The van der Waals surface area contributed by atoms with Gasteiger partial charge in [-0.05, 0) is 63.8 Å². The molecule has 2 aromatic heterocycles. The van der Waals surface area contributed by atoms with Crippen molar-refractivity contribution in [3.63, 3.8) is 0 Å². The molecular weight excluding hydrogens is 534 g/mol. The average Bonchev–Trinajstić information content (AvgIpc) is 3.30. The highest BCUT2D eigenvalue weighted by molar-refractivity contribution is 7.85. The minimum Gasteiger partial charge on any atom is -0.440 e. The number of aryl methyl sites for hydroxylation is 1. The molecule has 1 aliphatic carbocycles. The molecule has 0 atom stereocenters. The van der Waals surface area contributed by atoms with Crippen LogP contribution in [0.15, 0.2) is 44.0 Å². The first-order chi connectivity index (χ1) is 18.9. The number of rotatable bonds is 9. The zero-order chi connectivity index (χ0) is 28.7. The van der Waals surface area contributed by atoms with E-state index in [0.717, 1.165) is 46.5 Å². The topological polar surface area (TPSA) is 143 Å². The van der Waals surface area contributed by atoms with E-state index < -0.39 is 15.7 Å². The number of amides is 1. The summed E-state index contributed by atoms with van der Waals surface area (Å²) in [7, 11) is -4.04. The molecule has 10 nitrogen and oxygen atoms in total. The van der Waals surface area contributed by atoms with Crippen LogP contribution in [0.2, 0.25) is 0 Å². The molecule has 0 bridgehead atoms. The number of anilines is 1. The normalized spacial score (nSPS) is 16.0. The summed E-state index contributed by atoms with van der Waals surface area (Å²) in [5.74, 6) is 0.459. The van der Waals surface area contributed by atoms with Crippen LogP contribution in [-0.4, -0.2) is 48.2 Å². The first-order valence-electron chi connectivity index (χ1n) is 13.4. The number of allylic oxidation sites excluding steroid dienone is 2. The molecule has 0 fully saturated rings. The lowest BCUT2D eigenvalue weighted by Crippen LogP contribution is -2.45. The number of nitrogens with one attached hydrogen (secondary N) is 1. The van der Waals surface area contributed by atoms with E-state index in [1.54, 1.807) is 6.07 Å². The SMILES string of the molecule is CC1=CC(C)(C)N(CCCC(=O)NCCCS(=O)(=O)O)c2cc3oc(=O)c(-c4nc5c(o4)CCC=C5)cc3cc21. The molecule has 0 saturated heterocycles. The van der Waals surface area contributed by atoms with Crippen LogP contribution in [0.3, 0.4) is 0 Å². The molecular formula is C29H33N3O7S. The Balaban J connectivity index is 1.36. The second kappa shape index (κ2) is 10.7. The van der Waals surface area contributed by atoms with Gasteiger partial charge in [-0.15, -0.1) is 0 Å². The van der Waals surface area contributed by atoms with E-state index in [1.807, 2.05) is 24.3 Å². The Morgan fingerprint density at radius 2 is 1.95 bits per heavy atom. The van der Waals surface area contributed by atoms with Crippen LogP contribution < -0.4 is 15.8 Å². The second-order valence-electron chi connectivity index (χ2n) is 10.8. The summed E-state index contributed by atoms with van der Waals surface area (Å²) in [6.45, 7) is 7.00. The molecule has 212 valence electrons. The molecule has 1 amide bonds. The zero-order valence-corrected chi connectivity index (χ0v) is 23.6. The second-order valence-corrected chi connectivity index (χ2v) is 12.4. The maximum atomic E-state index is 13.0. The number of nitrogens with zero attached hydrogens (tertiary/aromatic N) is 2. The largest absolute Gasteiger partial charge is 0.440 e. The summed E-state index contributed by atoms with van der Waals surface area (Å²) in [4.78, 5) is 32.0. The Labute approximate surface area is 232 Å². The summed E-state index contributed by atoms with van der Waals surface area (Å²) >= 11 is 0. The van der Waals surface area contributed by atoms with Crippen LogP contribution in [0, 0.1) is 0 Å². The summed E-state index contributed by atoms with van der Waals surface area (Å²) in [5, 5.41) is 3.45. The summed E-state index contributed by atoms with van der Waals surface area (Å²) in [5.41, 5.74) is 3.64. The Bertz CT molecular complexity index is 1700. The van der Waals surface area contributed by atoms with E-state index >= 15 is 0 Å². The predicted molar refractivity (Wildman–Crippen MR) is 154 cm³/mol. The third-order valence-electron chi connectivity index (χ3n) is 7.29. The van der Waals surface area contributed by atoms with E-state index in [9.17, 15) is 18.0 Å². The van der Waals surface area contributed by atoms with Crippen LogP contribution >= 0.6 is 0 Å². The van der Waals surface area contributed by atoms with Crippen molar-refractivity contribution in [2.45, 2.75) is 58.4 Å². The lowest BCUT2D eigenvalue weighted by molar-refractivity contribution is -0.121. The van der Waals surface area contributed by atoms with Crippen LogP contribution in [0.5, 0.6) is 0 Å². The average molecular weight is 568 g/mol. The molecule has 1 aliphatic heterocycles. The molecule has 40 heavy (non-hydrogen) atoms. The molecule has 11 heteroatoms. The van der Waals surface area contributed by atoms with Gasteiger partial charge in [0.15, 0.2) is 0 Å². The van der Waals surface area contributed by atoms with Crippen LogP contribution in [0.4, 0.5) is 5.69 Å². The van der Waals surface area contributed by atoms with Gasteiger partial charge in [-0.25, -0.2) is 9.78 Å². The van der Waals surface area contributed by atoms with Gasteiger partial charge in [-0.1, -0.05) is 12.2 Å². The fourth-order valence-corrected chi connectivity index (χ4v) is 5.92. The smallest absolute Gasteiger partial charge is 0.349 e. The third kappa shape index (κ3) is 5.90. The first-order valence-corrected chi connectivity index (χ1v) is 15.0. The molecule has 0 saturated carbocycles. The number of fused-ring (bicyclic) bond motifs is 3. The fraction of sp³-hybridized carbons (Fsp3) is 0.414. The lowest BCUT2D eigenvalue weighted by atomic mass is 9.87. The molecule has 0 unspecified atom stereocenters. The van der Waals surface area contributed by atoms with Gasteiger partial charge in [0.05, 0.1) is 11.3 Å². The zero-order valence-electron chi connectivity index (χ0n) is 22.8. The van der Waals surface area contributed by atoms with E-state index in [4.69, 9.17) is 13.4 Å². The molecule has 3 aromatic rings. The van der Waals surface area contributed by atoms with E-state index in [-0.39, 0.29) is 48.0 Å². The molecule has 2 N–H and O–H groups in total. The Morgan fingerprint density at radius 3 is 2.70 bits per heavy atom. The van der Waals surface area contributed by atoms with Crippen molar-refractivity contribution in [2.24, 2.45) is 0 Å². The first kappa shape index (κ1) is 27.9. The molecule has 3 heterocycles. The molecule has 5 rings (SSSR count). The van der Waals surface area contributed by atoms with Crippen molar-refractivity contribution in [1.82, 2.24) is 10.3 Å². The predicted octanol–water partition coefficient (Wildman–Crippen LogP) is 4.58. The Kier molecular flexibility index (Phi) is 7.45. The molecule has 2 aliphatic rings. The molecule has 0 radical (unpaired) electrons. The highest BCUT2D eigenvalue weighted by Gasteiger charge is 2.32. The van der Waals surface area contributed by atoms with Crippen molar-refractivity contribution < 1.29 is 26.6 Å². The van der Waals surface area contributed by atoms with Gasteiger partial charge in [0.1, 0.15) is 22.6 Å². The standard InChI is InChI=1S/C29H33N3O7S/c1-18-17-29(2,3)32(12-6-10-26(33)30-11-7-13-40(35,36)37)23-16-25-19(14-20(18)23)15-21(28(34)39-25)27-31-22-8-4-5-9-24(22)38-27/h4,8,14-17H,5-7,9-13H2,1-3H3,(H,30,33)(H,35,36,37). The number of hydrogen-bond acceptors (Lipinski definition) is 8. The number of hydrogen-bond donors (Lipinski definition) is 2. The minimum atomic E-state index is -4.04. The highest BCUT2D eigenvalue weighted by Crippen LogP contribution is 2.41. The number of oxazole rings is 1. The minimum absolute atomic E-state index is 0.149. The van der Waals surface area contributed by atoms with Crippen molar-refractivity contribution in [2.75, 3.05) is 23.7 Å². The van der Waals surface area contributed by atoms with Gasteiger partial charge in [-0.2, -0.15) is 8.42 Å². The lowest BCUT2D eigenvalue weighted by Gasteiger charge is -2.43. The van der Waals surface area contributed by atoms with E-state index in [1.165, 1.54) is 0 Å².